The molecule has 2 bridgehead atoms. The largest absolute Gasteiger partial charge is 0.481 e. The molecule has 2 aliphatic carbocycles. The normalized spacial score (nSPS) is 27.7. The third-order valence-corrected chi connectivity index (χ3v) is 7.19. The maximum Gasteiger partial charge on any atom is 0.308 e. The Labute approximate surface area is 152 Å². The van der Waals surface area contributed by atoms with Gasteiger partial charge in [0.1, 0.15) is 0 Å². The van der Waals surface area contributed by atoms with Crippen LogP contribution < -0.4 is 4.72 Å². The van der Waals surface area contributed by atoms with Gasteiger partial charge in [0.15, 0.2) is 5.03 Å². The summed E-state index contributed by atoms with van der Waals surface area (Å²) in [6.45, 7) is 0. The first-order chi connectivity index (χ1) is 12.4. The summed E-state index contributed by atoms with van der Waals surface area (Å²) in [7, 11) is -2.28. The number of carboxylic acids is 1. The lowest BCUT2D eigenvalue weighted by atomic mass is 9.85. The molecule has 138 valence electrons. The number of benzene rings is 1. The van der Waals surface area contributed by atoms with Gasteiger partial charge in [-0.05, 0) is 31.1 Å². The van der Waals surface area contributed by atoms with Crippen LogP contribution >= 0.6 is 0 Å². The Bertz CT molecular complexity index is 939. The molecule has 7 nitrogen and oxygen atoms in total. The number of rotatable bonds is 5. The van der Waals surface area contributed by atoms with Crippen molar-refractivity contribution in [3.8, 4) is 11.3 Å². The number of carboxylic acid groups (broad SMARTS) is 1. The maximum atomic E-state index is 12.9. The molecular formula is C18H21N3O4S. The van der Waals surface area contributed by atoms with E-state index in [9.17, 15) is 18.3 Å². The van der Waals surface area contributed by atoms with Gasteiger partial charge in [0, 0.05) is 24.7 Å². The predicted molar refractivity (Wildman–Crippen MR) is 94.7 cm³/mol. The van der Waals surface area contributed by atoms with Crippen LogP contribution in [0.5, 0.6) is 0 Å². The van der Waals surface area contributed by atoms with Gasteiger partial charge in [0.25, 0.3) is 10.0 Å². The van der Waals surface area contributed by atoms with Crippen LogP contribution in [0.25, 0.3) is 11.3 Å². The van der Waals surface area contributed by atoms with Crippen LogP contribution in [0.2, 0.25) is 0 Å². The summed E-state index contributed by atoms with van der Waals surface area (Å²) in [5.41, 5.74) is 1.39. The fourth-order valence-corrected chi connectivity index (χ4v) is 5.98. The topological polar surface area (TPSA) is 101 Å². The number of hydrogen-bond donors (Lipinski definition) is 2. The summed E-state index contributed by atoms with van der Waals surface area (Å²) in [5.74, 6) is -1.40. The molecule has 8 heteroatoms. The standard InChI is InChI=1S/C18H21N3O4S/c1-21-15(10-14(19-21)11-5-3-2-4-6-11)26(24,25)20-17-13-8-7-12(9-13)16(17)18(22)23/h2-6,10,12-13,16-17,20H,7-9H2,1H3,(H,22,23)/t12-,13+,16+,17-/m0/s1. The summed E-state index contributed by atoms with van der Waals surface area (Å²) in [6, 6.07) is 10.3. The van der Waals surface area contributed by atoms with E-state index in [2.05, 4.69) is 9.82 Å². The minimum Gasteiger partial charge on any atom is -0.481 e. The summed E-state index contributed by atoms with van der Waals surface area (Å²) in [5, 5.41) is 13.9. The van der Waals surface area contributed by atoms with Crippen molar-refractivity contribution in [1.29, 1.82) is 0 Å². The third-order valence-electron chi connectivity index (χ3n) is 5.67. The Morgan fingerprint density at radius 3 is 2.62 bits per heavy atom. The molecule has 2 N–H and O–H groups in total. The molecule has 0 unspecified atom stereocenters. The number of sulfonamides is 1. The fraction of sp³-hybridized carbons (Fsp3) is 0.444. The van der Waals surface area contributed by atoms with Crippen molar-refractivity contribution in [1.82, 2.24) is 14.5 Å². The Morgan fingerprint density at radius 1 is 1.23 bits per heavy atom. The van der Waals surface area contributed by atoms with Crippen molar-refractivity contribution in [2.45, 2.75) is 30.3 Å². The molecular weight excluding hydrogens is 354 g/mol. The van der Waals surface area contributed by atoms with Crippen LogP contribution in [-0.4, -0.2) is 35.3 Å². The zero-order valence-corrected chi connectivity index (χ0v) is 15.2. The molecule has 4 rings (SSSR count). The number of nitrogens with one attached hydrogen (secondary N) is 1. The quantitative estimate of drug-likeness (QED) is 0.831. The second-order valence-corrected chi connectivity index (χ2v) is 8.86. The Hall–Kier alpha value is -2.19. The highest BCUT2D eigenvalue weighted by Gasteiger charge is 2.52. The molecule has 1 aromatic heterocycles. The lowest BCUT2D eigenvalue weighted by Gasteiger charge is -2.28. The molecule has 0 saturated heterocycles. The molecule has 2 aromatic rings. The summed E-state index contributed by atoms with van der Waals surface area (Å²) in [4.78, 5) is 11.6. The highest BCUT2D eigenvalue weighted by atomic mass is 32.2. The molecule has 2 aliphatic rings. The lowest BCUT2D eigenvalue weighted by Crippen LogP contribution is -2.47. The van der Waals surface area contributed by atoms with Gasteiger partial charge in [-0.3, -0.25) is 9.48 Å². The van der Waals surface area contributed by atoms with E-state index in [0.717, 1.165) is 24.8 Å². The molecule has 0 spiro atoms. The van der Waals surface area contributed by atoms with Crippen molar-refractivity contribution in [2.24, 2.45) is 24.8 Å². The monoisotopic (exact) mass is 375 g/mol. The van der Waals surface area contributed by atoms with Gasteiger partial charge in [0.05, 0.1) is 11.6 Å². The number of aliphatic carboxylic acids is 1. The molecule has 2 fully saturated rings. The molecule has 0 radical (unpaired) electrons. The van der Waals surface area contributed by atoms with E-state index in [1.54, 1.807) is 7.05 Å². The van der Waals surface area contributed by atoms with Gasteiger partial charge in [-0.1, -0.05) is 30.3 Å². The predicted octanol–water partition coefficient (Wildman–Crippen LogP) is 1.86. The van der Waals surface area contributed by atoms with Crippen LogP contribution in [0.4, 0.5) is 0 Å². The lowest BCUT2D eigenvalue weighted by molar-refractivity contribution is -0.144. The van der Waals surface area contributed by atoms with Crippen LogP contribution in [0.1, 0.15) is 19.3 Å². The van der Waals surface area contributed by atoms with Crippen molar-refractivity contribution in [2.75, 3.05) is 0 Å². The third kappa shape index (κ3) is 2.83. The summed E-state index contributed by atoms with van der Waals surface area (Å²) >= 11 is 0. The second-order valence-electron chi connectivity index (χ2n) is 7.20. The van der Waals surface area contributed by atoms with Gasteiger partial charge in [-0.15, -0.1) is 0 Å². The highest BCUT2D eigenvalue weighted by Crippen LogP contribution is 2.49. The molecule has 2 saturated carbocycles. The molecule has 26 heavy (non-hydrogen) atoms. The summed E-state index contributed by atoms with van der Waals surface area (Å²) < 4.78 is 29.9. The van der Waals surface area contributed by atoms with E-state index in [-0.39, 0.29) is 16.9 Å². The molecule has 1 aromatic carbocycles. The Balaban J connectivity index is 1.63. The van der Waals surface area contributed by atoms with E-state index < -0.39 is 28.0 Å². The first kappa shape index (κ1) is 17.2. The zero-order chi connectivity index (χ0) is 18.5. The van der Waals surface area contributed by atoms with E-state index in [0.29, 0.717) is 5.69 Å². The van der Waals surface area contributed by atoms with Gasteiger partial charge in [0.2, 0.25) is 0 Å². The number of hydrogen-bond acceptors (Lipinski definition) is 4. The second kappa shape index (κ2) is 6.21. The maximum absolute atomic E-state index is 12.9. The SMILES string of the molecule is Cn1nc(-c2ccccc2)cc1S(=O)(=O)N[C@H]1[C@@H]2CC[C@@H](C2)[C@H]1C(=O)O. The van der Waals surface area contributed by atoms with E-state index in [1.807, 2.05) is 30.3 Å². The first-order valence-corrected chi connectivity index (χ1v) is 10.2. The minimum atomic E-state index is -3.86. The molecule has 0 aliphatic heterocycles. The number of aromatic nitrogens is 2. The molecule has 4 atom stereocenters. The molecule has 0 amide bonds. The van der Waals surface area contributed by atoms with Crippen LogP contribution in [-0.2, 0) is 21.9 Å². The van der Waals surface area contributed by atoms with Crippen LogP contribution in [0.3, 0.4) is 0 Å². The van der Waals surface area contributed by atoms with Crippen LogP contribution in [0.15, 0.2) is 41.4 Å². The summed E-state index contributed by atoms with van der Waals surface area (Å²) in [6.07, 6.45) is 2.52. The van der Waals surface area contributed by atoms with Crippen LogP contribution in [0, 0.1) is 17.8 Å². The van der Waals surface area contributed by atoms with E-state index in [1.165, 1.54) is 10.7 Å². The van der Waals surface area contributed by atoms with E-state index >= 15 is 0 Å². The average molecular weight is 375 g/mol. The van der Waals surface area contributed by atoms with Crippen molar-refractivity contribution in [3.05, 3.63) is 36.4 Å². The van der Waals surface area contributed by atoms with Gasteiger partial charge >= 0.3 is 5.97 Å². The van der Waals surface area contributed by atoms with Crippen molar-refractivity contribution in [3.63, 3.8) is 0 Å². The Morgan fingerprint density at radius 2 is 1.92 bits per heavy atom. The van der Waals surface area contributed by atoms with E-state index in [4.69, 9.17) is 0 Å². The van der Waals surface area contributed by atoms with Gasteiger partial charge in [-0.2, -0.15) is 5.10 Å². The highest BCUT2D eigenvalue weighted by molar-refractivity contribution is 7.89. The average Bonchev–Trinajstić information content (AvgIpc) is 3.29. The number of nitrogens with zero attached hydrogens (tertiary/aromatic N) is 2. The Kier molecular flexibility index (Phi) is 4.11. The van der Waals surface area contributed by atoms with Crippen molar-refractivity contribution >= 4 is 16.0 Å². The fourth-order valence-electron chi connectivity index (χ4n) is 4.51. The van der Waals surface area contributed by atoms with Gasteiger partial charge in [-0.25, -0.2) is 13.1 Å². The molecule has 1 heterocycles. The zero-order valence-electron chi connectivity index (χ0n) is 14.4. The minimum absolute atomic E-state index is 0.0447. The number of carbonyl (C=O) groups is 1. The number of aryl methyl sites for hydroxylation is 1. The first-order valence-electron chi connectivity index (χ1n) is 8.71. The number of fused-ring (bicyclic) bond motifs is 2. The smallest absolute Gasteiger partial charge is 0.308 e. The van der Waals surface area contributed by atoms with Gasteiger partial charge < -0.3 is 5.11 Å². The van der Waals surface area contributed by atoms with Crippen molar-refractivity contribution < 1.29 is 18.3 Å².